The highest BCUT2D eigenvalue weighted by Crippen LogP contribution is 1.66. The standard InChI is InChI=1S/4C4H4O4/c4*5-3(6)1-2-4(7)8/h4*1-2H,(H,5,6)(H,7,8)/p-8/b4*2-1+. The number of carboxylic acid groups (broad SMARTS) is 8. The summed E-state index contributed by atoms with van der Waals surface area (Å²) in [6, 6.07) is 0. The molecule has 0 rings (SSSR count). The molecule has 0 fully saturated rings. The Labute approximate surface area is 176 Å². The second kappa shape index (κ2) is 22.0. The van der Waals surface area contributed by atoms with E-state index in [9.17, 15) is 79.2 Å². The van der Waals surface area contributed by atoms with Crippen LogP contribution in [0.15, 0.2) is 48.6 Å². The Bertz CT molecular complexity index is 612. The van der Waals surface area contributed by atoms with E-state index < -0.39 is 47.8 Å². The molecule has 0 bridgehead atoms. The van der Waals surface area contributed by atoms with Gasteiger partial charge in [0.05, 0.1) is 47.8 Å². The molecule has 32 heavy (non-hydrogen) atoms. The number of hydrogen-bond acceptors (Lipinski definition) is 16. The van der Waals surface area contributed by atoms with Gasteiger partial charge in [-0.3, -0.25) is 0 Å². The first-order valence-electron chi connectivity index (χ1n) is 6.91. The van der Waals surface area contributed by atoms with Gasteiger partial charge in [0.2, 0.25) is 0 Å². The smallest absolute Gasteiger partial charge is 0.0643 e. The summed E-state index contributed by atoms with van der Waals surface area (Å²) < 4.78 is 0. The van der Waals surface area contributed by atoms with Crippen LogP contribution in [0.25, 0.3) is 0 Å². The van der Waals surface area contributed by atoms with Crippen LogP contribution in [0.4, 0.5) is 0 Å². The van der Waals surface area contributed by atoms with Gasteiger partial charge in [-0.25, -0.2) is 0 Å². The molecule has 0 heterocycles. The molecule has 0 aromatic carbocycles. The summed E-state index contributed by atoms with van der Waals surface area (Å²) in [5.41, 5.74) is 0. The van der Waals surface area contributed by atoms with Gasteiger partial charge < -0.3 is 79.2 Å². The van der Waals surface area contributed by atoms with E-state index >= 15 is 0 Å². The highest BCUT2D eigenvalue weighted by Gasteiger charge is 1.72. The van der Waals surface area contributed by atoms with Crippen molar-refractivity contribution in [1.29, 1.82) is 0 Å². The molecule has 0 N–H and O–H groups in total. The molecule has 16 heteroatoms. The second-order valence-corrected chi connectivity index (χ2v) is 3.89. The van der Waals surface area contributed by atoms with Gasteiger partial charge >= 0.3 is 0 Å². The van der Waals surface area contributed by atoms with E-state index in [1.165, 1.54) is 0 Å². The van der Waals surface area contributed by atoms with Gasteiger partial charge in [-0.05, 0) is 48.6 Å². The minimum Gasteiger partial charge on any atom is -0.545 e. The topological polar surface area (TPSA) is 321 Å². The van der Waals surface area contributed by atoms with Crippen molar-refractivity contribution in [3.8, 4) is 0 Å². The Balaban J connectivity index is -0.000000163. The maximum absolute atomic E-state index is 9.41. The number of carbonyl (C=O) groups excluding carboxylic acids is 8. The molecule has 0 aliphatic rings. The Kier molecular flexibility index (Phi) is 23.6. The zero-order valence-electron chi connectivity index (χ0n) is 15.2. The van der Waals surface area contributed by atoms with Crippen molar-refractivity contribution < 1.29 is 79.2 Å². The fraction of sp³-hybridized carbons (Fsp3) is 0. The van der Waals surface area contributed by atoms with Crippen molar-refractivity contribution in [2.75, 3.05) is 0 Å². The van der Waals surface area contributed by atoms with Crippen LogP contribution >= 0.6 is 0 Å². The first-order chi connectivity index (χ1) is 14.5. The van der Waals surface area contributed by atoms with Gasteiger partial charge in [-0.1, -0.05) is 0 Å². The molecule has 0 saturated heterocycles. The largest absolute Gasteiger partial charge is 0.545 e. The molecular formula is C16H8O16-8. The van der Waals surface area contributed by atoms with Crippen LogP contribution in [0.5, 0.6) is 0 Å². The average molecular weight is 456 g/mol. The fourth-order valence-corrected chi connectivity index (χ4v) is 0.544. The van der Waals surface area contributed by atoms with Crippen LogP contribution in [-0.2, 0) is 38.4 Å². The number of rotatable bonds is 8. The maximum atomic E-state index is 9.41. The third kappa shape index (κ3) is 64.2. The minimum absolute atomic E-state index is 0.384. The first kappa shape index (κ1) is 34.2. The number of carbonyl (C=O) groups is 8. The first-order valence-corrected chi connectivity index (χ1v) is 6.91. The lowest BCUT2D eigenvalue weighted by molar-refractivity contribution is -0.301. The van der Waals surface area contributed by atoms with Gasteiger partial charge in [-0.2, -0.15) is 0 Å². The van der Waals surface area contributed by atoms with E-state index in [-0.39, 0.29) is 0 Å². The Morgan fingerprint density at radius 1 is 0.250 bits per heavy atom. The Morgan fingerprint density at radius 3 is 0.344 bits per heavy atom. The van der Waals surface area contributed by atoms with Crippen molar-refractivity contribution in [3.05, 3.63) is 48.6 Å². The lowest BCUT2D eigenvalue weighted by Gasteiger charge is -1.90. The van der Waals surface area contributed by atoms with Crippen LogP contribution in [0.2, 0.25) is 0 Å². The van der Waals surface area contributed by atoms with Gasteiger partial charge in [0, 0.05) is 0 Å². The van der Waals surface area contributed by atoms with Gasteiger partial charge in [0.15, 0.2) is 0 Å². The van der Waals surface area contributed by atoms with Crippen LogP contribution < -0.4 is 40.9 Å². The zero-order chi connectivity index (χ0) is 26.3. The van der Waals surface area contributed by atoms with E-state index in [4.69, 9.17) is 0 Å². The number of carboxylic acids is 8. The monoisotopic (exact) mass is 456 g/mol. The Hall–Kier alpha value is -5.28. The molecule has 0 aromatic heterocycles. The normalized spacial score (nSPS) is 9.50. The van der Waals surface area contributed by atoms with Gasteiger partial charge in [0.25, 0.3) is 0 Å². The minimum atomic E-state index is -1.55. The fourth-order valence-electron chi connectivity index (χ4n) is 0.544. The summed E-state index contributed by atoms with van der Waals surface area (Å²) in [6.07, 6.45) is 3.07. The predicted molar refractivity (Wildman–Crippen MR) is 76.6 cm³/mol. The molecule has 0 spiro atoms. The lowest BCUT2D eigenvalue weighted by Crippen LogP contribution is -2.23. The average Bonchev–Trinajstić information content (AvgIpc) is 2.63. The third-order valence-corrected chi connectivity index (χ3v) is 1.42. The molecule has 0 aliphatic carbocycles. The van der Waals surface area contributed by atoms with E-state index in [1.54, 1.807) is 0 Å². The van der Waals surface area contributed by atoms with E-state index in [0.29, 0.717) is 48.6 Å². The summed E-state index contributed by atoms with van der Waals surface area (Å²) in [4.78, 5) is 75.3. The predicted octanol–water partition coefficient (Wildman–Crippen LogP) is -11.8. The van der Waals surface area contributed by atoms with Crippen molar-refractivity contribution in [3.63, 3.8) is 0 Å². The van der Waals surface area contributed by atoms with Crippen LogP contribution in [0.3, 0.4) is 0 Å². The third-order valence-electron chi connectivity index (χ3n) is 1.42. The van der Waals surface area contributed by atoms with Crippen molar-refractivity contribution in [1.82, 2.24) is 0 Å². The quantitative estimate of drug-likeness (QED) is 0.306. The van der Waals surface area contributed by atoms with Crippen LogP contribution in [-0.4, -0.2) is 47.8 Å². The van der Waals surface area contributed by atoms with Gasteiger partial charge in [-0.15, -0.1) is 0 Å². The highest BCUT2D eigenvalue weighted by molar-refractivity contribution is 5.89. The molecule has 0 aliphatic heterocycles. The molecule has 0 atom stereocenters. The van der Waals surface area contributed by atoms with Crippen molar-refractivity contribution in [2.45, 2.75) is 0 Å². The van der Waals surface area contributed by atoms with Crippen molar-refractivity contribution in [2.24, 2.45) is 0 Å². The molecule has 0 saturated carbocycles. The molecule has 0 aromatic rings. The number of aliphatic carboxylic acids is 8. The SMILES string of the molecule is O=C([O-])/C=C/C(=O)[O-].O=C([O-])/C=C/C(=O)[O-].O=C([O-])/C=C/C(=O)[O-].O=C([O-])/C=C/C(=O)[O-]. The summed E-state index contributed by atoms with van der Waals surface area (Å²) in [6.45, 7) is 0. The van der Waals surface area contributed by atoms with Crippen LogP contribution in [0.1, 0.15) is 0 Å². The van der Waals surface area contributed by atoms with Crippen molar-refractivity contribution >= 4 is 47.8 Å². The van der Waals surface area contributed by atoms with Crippen LogP contribution in [0, 0.1) is 0 Å². The van der Waals surface area contributed by atoms with E-state index in [2.05, 4.69) is 0 Å². The number of hydrogen-bond donors (Lipinski definition) is 0. The summed E-state index contributed by atoms with van der Waals surface area (Å²) >= 11 is 0. The second-order valence-electron chi connectivity index (χ2n) is 3.89. The molecule has 16 nitrogen and oxygen atoms in total. The Morgan fingerprint density at radius 2 is 0.312 bits per heavy atom. The summed E-state index contributed by atoms with van der Waals surface area (Å²) in [7, 11) is 0. The summed E-state index contributed by atoms with van der Waals surface area (Å²) in [5, 5.41) is 75.3. The van der Waals surface area contributed by atoms with E-state index in [0.717, 1.165) is 0 Å². The molecular weight excluding hydrogens is 448 g/mol. The summed E-state index contributed by atoms with van der Waals surface area (Å²) in [5.74, 6) is -12.4. The maximum Gasteiger partial charge on any atom is 0.0643 e. The molecule has 176 valence electrons. The zero-order valence-corrected chi connectivity index (χ0v) is 15.2. The van der Waals surface area contributed by atoms with E-state index in [1.807, 2.05) is 0 Å². The molecule has 0 unspecified atom stereocenters. The molecule has 0 amide bonds. The highest BCUT2D eigenvalue weighted by atomic mass is 16.4. The molecule has 0 radical (unpaired) electrons. The lowest BCUT2D eigenvalue weighted by atomic mass is 10.5. The van der Waals surface area contributed by atoms with Gasteiger partial charge in [0.1, 0.15) is 0 Å².